The van der Waals surface area contributed by atoms with E-state index < -0.39 is 0 Å². The maximum Gasteiger partial charge on any atom is 0.138 e. The summed E-state index contributed by atoms with van der Waals surface area (Å²) in [6.07, 6.45) is 9.03. The van der Waals surface area contributed by atoms with Gasteiger partial charge in [0.2, 0.25) is 0 Å². The number of nitriles is 2. The second kappa shape index (κ2) is 13.9. The lowest BCUT2D eigenvalue weighted by Gasteiger charge is -2.19. The van der Waals surface area contributed by atoms with Crippen molar-refractivity contribution in [3.8, 4) is 23.6 Å². The number of rotatable bonds is 14. The van der Waals surface area contributed by atoms with E-state index in [1.807, 2.05) is 0 Å². The highest BCUT2D eigenvalue weighted by atomic mass is 16.5. The summed E-state index contributed by atoms with van der Waals surface area (Å²) in [5.41, 5.74) is 0.863. The molecule has 154 valence electrons. The van der Waals surface area contributed by atoms with Crippen LogP contribution in [0.1, 0.15) is 90.2 Å². The van der Waals surface area contributed by atoms with Gasteiger partial charge in [-0.25, -0.2) is 0 Å². The minimum absolute atomic E-state index is 0.431. The first-order valence-electron chi connectivity index (χ1n) is 10.9. The van der Waals surface area contributed by atoms with E-state index in [0.717, 1.165) is 25.7 Å². The van der Waals surface area contributed by atoms with Crippen molar-refractivity contribution in [3.63, 3.8) is 0 Å². The van der Waals surface area contributed by atoms with Crippen LogP contribution in [0, 0.1) is 34.5 Å². The Morgan fingerprint density at radius 2 is 1.14 bits per heavy atom. The zero-order valence-corrected chi connectivity index (χ0v) is 18.1. The molecule has 4 nitrogen and oxygen atoms in total. The van der Waals surface area contributed by atoms with Gasteiger partial charge in [0.15, 0.2) is 0 Å². The molecule has 28 heavy (non-hydrogen) atoms. The second-order valence-electron chi connectivity index (χ2n) is 7.52. The minimum atomic E-state index is 0.431. The second-order valence-corrected chi connectivity index (χ2v) is 7.52. The molecular weight excluding hydrogens is 348 g/mol. The summed E-state index contributed by atoms with van der Waals surface area (Å²) in [5.74, 6) is 1.91. The molecule has 0 saturated heterocycles. The van der Waals surface area contributed by atoms with Gasteiger partial charge in [-0.05, 0) is 24.7 Å². The molecule has 1 aromatic rings. The third-order valence-corrected chi connectivity index (χ3v) is 5.36. The molecule has 4 heteroatoms. The first-order valence-corrected chi connectivity index (χ1v) is 10.9. The van der Waals surface area contributed by atoms with E-state index in [1.165, 1.54) is 25.7 Å². The van der Waals surface area contributed by atoms with Gasteiger partial charge < -0.3 is 9.47 Å². The van der Waals surface area contributed by atoms with Gasteiger partial charge in [0.05, 0.1) is 24.3 Å². The molecule has 0 bridgehead atoms. The zero-order chi connectivity index (χ0) is 20.8. The van der Waals surface area contributed by atoms with Crippen LogP contribution in [-0.2, 0) is 0 Å². The Hall–Kier alpha value is -2.20. The fraction of sp³-hybridized carbons (Fsp3) is 0.667. The molecule has 0 heterocycles. The lowest BCUT2D eigenvalue weighted by molar-refractivity contribution is 0.227. The molecule has 0 saturated carbocycles. The van der Waals surface area contributed by atoms with Gasteiger partial charge in [0, 0.05) is 12.1 Å². The first kappa shape index (κ1) is 23.8. The van der Waals surface area contributed by atoms with Crippen molar-refractivity contribution in [3.05, 3.63) is 23.3 Å². The third-order valence-electron chi connectivity index (χ3n) is 5.36. The van der Waals surface area contributed by atoms with Crippen LogP contribution in [-0.4, -0.2) is 13.2 Å². The molecule has 1 rings (SSSR count). The Labute approximate surface area is 171 Å². The van der Waals surface area contributed by atoms with Crippen molar-refractivity contribution >= 4 is 0 Å². The zero-order valence-electron chi connectivity index (χ0n) is 18.1. The van der Waals surface area contributed by atoms with Crippen LogP contribution >= 0.6 is 0 Å². The summed E-state index contributed by atoms with van der Waals surface area (Å²) < 4.78 is 11.9. The summed E-state index contributed by atoms with van der Waals surface area (Å²) in [5, 5.41) is 19.1. The number of benzene rings is 1. The molecule has 0 N–H and O–H groups in total. The van der Waals surface area contributed by atoms with Crippen molar-refractivity contribution in [2.75, 3.05) is 13.2 Å². The van der Waals surface area contributed by atoms with Crippen LogP contribution in [0.25, 0.3) is 0 Å². The lowest BCUT2D eigenvalue weighted by Crippen LogP contribution is -2.13. The van der Waals surface area contributed by atoms with Crippen LogP contribution in [0.4, 0.5) is 0 Å². The average Bonchev–Trinajstić information content (AvgIpc) is 2.73. The molecule has 0 aromatic heterocycles. The van der Waals surface area contributed by atoms with Gasteiger partial charge in [-0.2, -0.15) is 10.5 Å². The molecule has 0 aliphatic carbocycles. The SMILES string of the molecule is CCCC[C@@H](CC)COc1cc(C#N)c(OC[C@H](CC)CCCC)cc1C#N. The number of nitrogens with zero attached hydrogens (tertiary/aromatic N) is 2. The van der Waals surface area contributed by atoms with E-state index in [9.17, 15) is 10.5 Å². The van der Waals surface area contributed by atoms with Crippen LogP contribution in [0.5, 0.6) is 11.5 Å². The summed E-state index contributed by atoms with van der Waals surface area (Å²) in [6, 6.07) is 7.71. The Morgan fingerprint density at radius 3 is 1.43 bits per heavy atom. The normalized spacial score (nSPS) is 12.6. The fourth-order valence-electron chi connectivity index (χ4n) is 3.19. The summed E-state index contributed by atoms with van der Waals surface area (Å²) >= 11 is 0. The van der Waals surface area contributed by atoms with Crippen LogP contribution < -0.4 is 9.47 Å². The Kier molecular flexibility index (Phi) is 11.8. The molecule has 0 unspecified atom stereocenters. The quantitative estimate of drug-likeness (QED) is 0.361. The molecular formula is C24H36N2O2. The highest BCUT2D eigenvalue weighted by molar-refractivity contribution is 5.56. The van der Waals surface area contributed by atoms with Gasteiger partial charge in [-0.15, -0.1) is 0 Å². The molecule has 1 aromatic carbocycles. The first-order chi connectivity index (χ1) is 13.6. The summed E-state index contributed by atoms with van der Waals surface area (Å²) in [7, 11) is 0. The lowest BCUT2D eigenvalue weighted by atomic mass is 10.0. The molecule has 0 spiro atoms. The van der Waals surface area contributed by atoms with Gasteiger partial charge in [-0.3, -0.25) is 0 Å². The highest BCUT2D eigenvalue weighted by Crippen LogP contribution is 2.30. The van der Waals surface area contributed by atoms with Gasteiger partial charge in [0.25, 0.3) is 0 Å². The molecule has 0 radical (unpaired) electrons. The van der Waals surface area contributed by atoms with Gasteiger partial charge in [-0.1, -0.05) is 66.2 Å². The van der Waals surface area contributed by atoms with Crippen molar-refractivity contribution in [2.45, 2.75) is 79.1 Å². The number of hydrogen-bond acceptors (Lipinski definition) is 4. The van der Waals surface area contributed by atoms with E-state index in [1.54, 1.807) is 12.1 Å². The topological polar surface area (TPSA) is 66.0 Å². The van der Waals surface area contributed by atoms with Crippen molar-refractivity contribution in [1.29, 1.82) is 10.5 Å². The Morgan fingerprint density at radius 1 is 0.750 bits per heavy atom. The molecule has 2 atom stereocenters. The minimum Gasteiger partial charge on any atom is -0.492 e. The molecule has 0 aliphatic rings. The largest absolute Gasteiger partial charge is 0.492 e. The monoisotopic (exact) mass is 384 g/mol. The Balaban J connectivity index is 2.87. The van der Waals surface area contributed by atoms with Gasteiger partial charge in [0.1, 0.15) is 23.6 Å². The maximum absolute atomic E-state index is 9.54. The van der Waals surface area contributed by atoms with Crippen LogP contribution in [0.2, 0.25) is 0 Å². The maximum atomic E-state index is 9.54. The molecule has 0 aliphatic heterocycles. The van der Waals surface area contributed by atoms with E-state index in [-0.39, 0.29) is 0 Å². The van der Waals surface area contributed by atoms with Crippen molar-refractivity contribution in [1.82, 2.24) is 0 Å². The number of unbranched alkanes of at least 4 members (excludes halogenated alkanes) is 2. The van der Waals surface area contributed by atoms with Crippen LogP contribution in [0.3, 0.4) is 0 Å². The molecule has 0 fully saturated rings. The van der Waals surface area contributed by atoms with Crippen molar-refractivity contribution in [2.24, 2.45) is 11.8 Å². The standard InChI is InChI=1S/C24H36N2O2/c1-5-9-11-19(7-3)17-27-23-13-22(16-26)24(14-21(23)15-25)28-18-20(8-4)12-10-6-2/h13-14,19-20H,5-12,17-18H2,1-4H3/t19-,20-/m1/s1. The van der Waals surface area contributed by atoms with E-state index in [0.29, 0.717) is 47.7 Å². The number of hydrogen-bond donors (Lipinski definition) is 0. The third kappa shape index (κ3) is 7.81. The van der Waals surface area contributed by atoms with Crippen LogP contribution in [0.15, 0.2) is 12.1 Å². The average molecular weight is 385 g/mol. The van der Waals surface area contributed by atoms with Crippen molar-refractivity contribution < 1.29 is 9.47 Å². The fourth-order valence-corrected chi connectivity index (χ4v) is 3.19. The Bertz CT molecular complexity index is 600. The predicted molar refractivity (Wildman–Crippen MR) is 113 cm³/mol. The van der Waals surface area contributed by atoms with E-state index in [4.69, 9.17) is 9.47 Å². The predicted octanol–water partition coefficient (Wildman–Crippen LogP) is 6.62. The molecule has 0 amide bonds. The summed E-state index contributed by atoms with van der Waals surface area (Å²) in [4.78, 5) is 0. The van der Waals surface area contributed by atoms with Gasteiger partial charge >= 0.3 is 0 Å². The van der Waals surface area contributed by atoms with E-state index in [2.05, 4.69) is 39.8 Å². The summed E-state index contributed by atoms with van der Waals surface area (Å²) in [6.45, 7) is 9.84. The smallest absolute Gasteiger partial charge is 0.138 e. The number of ether oxygens (including phenoxy) is 2. The van der Waals surface area contributed by atoms with E-state index >= 15 is 0 Å². The highest BCUT2D eigenvalue weighted by Gasteiger charge is 2.16.